The molecule has 0 radical (unpaired) electrons. The first kappa shape index (κ1) is 25.6. The molecule has 11 heteroatoms. The average Bonchev–Trinajstić information content (AvgIpc) is 3.30. The molecule has 2 heterocycles. The summed E-state index contributed by atoms with van der Waals surface area (Å²) < 4.78 is 49.6. The van der Waals surface area contributed by atoms with Crippen molar-refractivity contribution in [3.63, 3.8) is 0 Å². The number of carbonyl (C=O) groups is 1. The quantitative estimate of drug-likeness (QED) is 0.378. The zero-order valence-corrected chi connectivity index (χ0v) is 19.3. The first-order valence-corrected chi connectivity index (χ1v) is 10.7. The summed E-state index contributed by atoms with van der Waals surface area (Å²) in [6.07, 6.45) is -1.13. The van der Waals surface area contributed by atoms with Gasteiger partial charge in [0.25, 0.3) is 5.89 Å². The maximum absolute atomic E-state index is 12.8. The molecule has 1 amide bonds. The highest BCUT2D eigenvalue weighted by atomic mass is 19.4. The number of alkyl halides is 3. The van der Waals surface area contributed by atoms with Crippen molar-refractivity contribution < 1.29 is 27.2 Å². The molecule has 1 aromatic carbocycles. The third-order valence-electron chi connectivity index (χ3n) is 5.25. The monoisotopic (exact) mass is 487 g/mol. The maximum Gasteiger partial charge on any atom is 0.416 e. The first-order chi connectivity index (χ1) is 16.6. The molecule has 1 unspecified atom stereocenters. The molecule has 0 fully saturated rings. The Kier molecular flexibility index (Phi) is 8.00. The SMILES string of the molecule is CCC(C)/C(COc1ccc(C(F)(F)F)cc1)=C(\C=N)c1nc(-c2ccnc(NC(C)=O)c2)no1. The smallest absolute Gasteiger partial charge is 0.416 e. The summed E-state index contributed by atoms with van der Waals surface area (Å²) in [5, 5.41) is 14.5. The van der Waals surface area contributed by atoms with Crippen molar-refractivity contribution in [2.75, 3.05) is 11.9 Å². The minimum Gasteiger partial charge on any atom is -0.489 e. The molecular formula is C24H24F3N5O3. The van der Waals surface area contributed by atoms with E-state index in [1.165, 1.54) is 25.3 Å². The van der Waals surface area contributed by atoms with E-state index in [9.17, 15) is 18.0 Å². The van der Waals surface area contributed by atoms with E-state index >= 15 is 0 Å². The molecule has 0 saturated heterocycles. The second kappa shape index (κ2) is 10.9. The number of ether oxygens (including phenoxy) is 1. The lowest BCUT2D eigenvalue weighted by molar-refractivity contribution is -0.137. The van der Waals surface area contributed by atoms with Crippen LogP contribution in [0.4, 0.5) is 19.0 Å². The van der Waals surface area contributed by atoms with E-state index in [0.717, 1.165) is 18.3 Å². The topological polar surface area (TPSA) is 114 Å². The fraction of sp³-hybridized carbons (Fsp3) is 0.292. The summed E-state index contributed by atoms with van der Waals surface area (Å²) in [5.74, 6) is 0.609. The second-order valence-electron chi connectivity index (χ2n) is 7.74. The number of allylic oxidation sites excluding steroid dienone is 1. The zero-order valence-electron chi connectivity index (χ0n) is 19.3. The summed E-state index contributed by atoms with van der Waals surface area (Å²) in [6, 6.07) is 7.65. The van der Waals surface area contributed by atoms with Crippen molar-refractivity contribution in [2.45, 2.75) is 33.4 Å². The predicted molar refractivity (Wildman–Crippen MR) is 124 cm³/mol. The zero-order chi connectivity index (χ0) is 25.6. The van der Waals surface area contributed by atoms with Gasteiger partial charge in [0.15, 0.2) is 0 Å². The molecule has 184 valence electrons. The van der Waals surface area contributed by atoms with Gasteiger partial charge < -0.3 is 20.0 Å². The molecule has 0 bridgehead atoms. The van der Waals surface area contributed by atoms with Gasteiger partial charge in [-0.05, 0) is 54.3 Å². The van der Waals surface area contributed by atoms with E-state index in [1.54, 1.807) is 12.1 Å². The number of halogens is 3. The summed E-state index contributed by atoms with van der Waals surface area (Å²) in [6.45, 7) is 5.29. The van der Waals surface area contributed by atoms with E-state index in [4.69, 9.17) is 14.7 Å². The molecule has 0 spiro atoms. The molecule has 3 rings (SSSR count). The van der Waals surface area contributed by atoms with E-state index in [1.807, 2.05) is 13.8 Å². The van der Waals surface area contributed by atoms with Crippen molar-refractivity contribution in [2.24, 2.45) is 5.92 Å². The van der Waals surface area contributed by atoms with Gasteiger partial charge in [0.2, 0.25) is 11.7 Å². The number of hydrogen-bond donors (Lipinski definition) is 2. The van der Waals surface area contributed by atoms with Gasteiger partial charge >= 0.3 is 6.18 Å². The van der Waals surface area contributed by atoms with Crippen LogP contribution in [0.5, 0.6) is 5.75 Å². The molecule has 1 atom stereocenters. The second-order valence-corrected chi connectivity index (χ2v) is 7.74. The largest absolute Gasteiger partial charge is 0.489 e. The number of nitrogens with zero attached hydrogens (tertiary/aromatic N) is 3. The minimum absolute atomic E-state index is 0.0186. The lowest BCUT2D eigenvalue weighted by Gasteiger charge is -2.17. The van der Waals surface area contributed by atoms with E-state index in [0.29, 0.717) is 28.9 Å². The third-order valence-corrected chi connectivity index (χ3v) is 5.25. The van der Waals surface area contributed by atoms with Crippen LogP contribution in [-0.2, 0) is 11.0 Å². The fourth-order valence-electron chi connectivity index (χ4n) is 3.19. The Hall–Kier alpha value is -4.02. The van der Waals surface area contributed by atoms with Gasteiger partial charge in [0.1, 0.15) is 18.2 Å². The number of pyridine rings is 1. The lowest BCUT2D eigenvalue weighted by atomic mass is 9.94. The van der Waals surface area contributed by atoms with Crippen molar-refractivity contribution >= 4 is 23.5 Å². The van der Waals surface area contributed by atoms with Gasteiger partial charge in [-0.3, -0.25) is 4.79 Å². The number of amides is 1. The number of rotatable bonds is 9. The lowest BCUT2D eigenvalue weighted by Crippen LogP contribution is -2.12. The highest BCUT2D eigenvalue weighted by Gasteiger charge is 2.30. The Bertz CT molecular complexity index is 1220. The van der Waals surface area contributed by atoms with E-state index in [2.05, 4.69) is 20.4 Å². The number of benzene rings is 1. The summed E-state index contributed by atoms with van der Waals surface area (Å²) >= 11 is 0. The Morgan fingerprint density at radius 1 is 1.26 bits per heavy atom. The van der Waals surface area contributed by atoms with Gasteiger partial charge in [0, 0.05) is 24.9 Å². The number of nitrogens with one attached hydrogen (secondary N) is 2. The Balaban J connectivity index is 1.88. The van der Waals surface area contributed by atoms with E-state index < -0.39 is 11.7 Å². The fourth-order valence-corrected chi connectivity index (χ4v) is 3.19. The number of hydrogen-bond acceptors (Lipinski definition) is 7. The van der Waals surface area contributed by atoms with Crippen molar-refractivity contribution in [1.82, 2.24) is 15.1 Å². The van der Waals surface area contributed by atoms with Crippen molar-refractivity contribution in [3.8, 4) is 17.1 Å². The molecule has 0 aliphatic rings. The highest BCUT2D eigenvalue weighted by Crippen LogP contribution is 2.31. The predicted octanol–water partition coefficient (Wildman–Crippen LogP) is 5.64. The molecule has 0 saturated carbocycles. The van der Waals surface area contributed by atoms with Crippen molar-refractivity contribution in [1.29, 1.82) is 5.41 Å². The van der Waals surface area contributed by atoms with Crippen LogP contribution in [0.2, 0.25) is 0 Å². The molecule has 3 aromatic rings. The average molecular weight is 487 g/mol. The molecule has 0 aliphatic carbocycles. The molecule has 8 nitrogen and oxygen atoms in total. The van der Waals surface area contributed by atoms with E-state index in [-0.39, 0.29) is 35.9 Å². The molecular weight excluding hydrogens is 463 g/mol. The van der Waals surface area contributed by atoms with Gasteiger partial charge in [-0.1, -0.05) is 19.0 Å². The van der Waals surface area contributed by atoms with Crippen LogP contribution in [0.1, 0.15) is 38.6 Å². The summed E-state index contributed by atoms with van der Waals surface area (Å²) in [5.41, 5.74) is 0.834. The minimum atomic E-state index is -4.43. The Morgan fingerprint density at radius 3 is 2.57 bits per heavy atom. The summed E-state index contributed by atoms with van der Waals surface area (Å²) in [4.78, 5) is 19.7. The van der Waals surface area contributed by atoms with Crippen LogP contribution in [0.25, 0.3) is 17.0 Å². The van der Waals surface area contributed by atoms with Crippen LogP contribution in [-0.4, -0.2) is 33.9 Å². The maximum atomic E-state index is 12.8. The van der Waals surface area contributed by atoms with Gasteiger partial charge in [0.05, 0.1) is 11.1 Å². The van der Waals surface area contributed by atoms with Crippen LogP contribution in [0.3, 0.4) is 0 Å². The number of aromatic nitrogens is 3. The standard InChI is InChI=1S/C24H24F3N5O3/c1-4-14(2)20(13-34-18-7-5-17(6-8-18)24(25,26)27)19(12-28)23-31-22(32-35-23)16-9-10-29-21(11-16)30-15(3)33/h5-12,14,28H,4,13H2,1-3H3,(H,29,30,33)/b20-19+,28-12?. The van der Waals surface area contributed by atoms with Crippen LogP contribution in [0, 0.1) is 11.3 Å². The normalized spacial score (nSPS) is 13.1. The number of anilines is 1. The molecule has 35 heavy (non-hydrogen) atoms. The Morgan fingerprint density at radius 2 is 1.97 bits per heavy atom. The molecule has 2 N–H and O–H groups in total. The molecule has 2 aromatic heterocycles. The van der Waals surface area contributed by atoms with Crippen LogP contribution in [0.15, 0.2) is 52.7 Å². The highest BCUT2D eigenvalue weighted by molar-refractivity contribution is 6.08. The third kappa shape index (κ3) is 6.52. The Labute approximate surface area is 199 Å². The van der Waals surface area contributed by atoms with Gasteiger partial charge in [-0.2, -0.15) is 18.2 Å². The van der Waals surface area contributed by atoms with Crippen molar-refractivity contribution in [3.05, 3.63) is 59.6 Å². The first-order valence-electron chi connectivity index (χ1n) is 10.7. The number of carbonyl (C=O) groups excluding carboxylic acids is 1. The van der Waals surface area contributed by atoms with Gasteiger partial charge in [-0.15, -0.1) is 0 Å². The van der Waals surface area contributed by atoms with Crippen LogP contribution >= 0.6 is 0 Å². The molecule has 0 aliphatic heterocycles. The van der Waals surface area contributed by atoms with Gasteiger partial charge in [-0.25, -0.2) is 4.98 Å². The summed E-state index contributed by atoms with van der Waals surface area (Å²) in [7, 11) is 0. The van der Waals surface area contributed by atoms with Crippen LogP contribution < -0.4 is 10.1 Å².